The molecule has 3 aromatic rings. The summed E-state index contributed by atoms with van der Waals surface area (Å²) in [5.74, 6) is 1.89. The quantitative estimate of drug-likeness (QED) is 0.580. The lowest BCUT2D eigenvalue weighted by Gasteiger charge is -2.18. The number of anilines is 1. The highest BCUT2D eigenvalue weighted by atomic mass is 16.5. The Morgan fingerprint density at radius 2 is 1.23 bits per heavy atom. The Balaban J connectivity index is 2.43. The number of fused-ring (bicyclic) bond motifs is 1. The minimum atomic E-state index is -0.378. The molecule has 3 rings (SSSR count). The molecular weight excluding hydrogens is 394 g/mol. The van der Waals surface area contributed by atoms with Crippen LogP contribution in [0.5, 0.6) is 34.5 Å². The molecule has 0 saturated carbocycles. The third kappa shape index (κ3) is 3.18. The van der Waals surface area contributed by atoms with E-state index in [1.807, 2.05) is 0 Å². The number of hydrogen-bond donors (Lipinski definition) is 1. The minimum absolute atomic E-state index is 0.128. The highest BCUT2D eigenvalue weighted by Crippen LogP contribution is 2.50. The molecule has 0 aliphatic carbocycles. The fraction of sp³-hybridized carbons (Fsp3) is 0.286. The Kier molecular flexibility index (Phi) is 5.81. The maximum atomic E-state index is 13.1. The van der Waals surface area contributed by atoms with E-state index in [0.717, 1.165) is 0 Å². The van der Waals surface area contributed by atoms with Gasteiger partial charge in [-0.05, 0) is 6.07 Å². The summed E-state index contributed by atoms with van der Waals surface area (Å²) in [7, 11) is 8.73. The Bertz CT molecular complexity index is 1150. The second-order valence-corrected chi connectivity index (χ2v) is 6.11. The summed E-state index contributed by atoms with van der Waals surface area (Å²) in [6.45, 7) is 0. The number of ether oxygens (including phenoxy) is 6. The van der Waals surface area contributed by atoms with Gasteiger partial charge >= 0.3 is 0 Å². The number of benzene rings is 2. The molecule has 1 aromatic heterocycles. The van der Waals surface area contributed by atoms with Gasteiger partial charge in [-0.3, -0.25) is 4.79 Å². The van der Waals surface area contributed by atoms with Crippen molar-refractivity contribution in [2.24, 2.45) is 0 Å². The SMILES string of the molecule is COc1cc(N)c(-c2cc(=O)c3c(OC)c(OC)c(OC)c(OC)c3o2)cc1OC. The van der Waals surface area contributed by atoms with E-state index in [2.05, 4.69) is 0 Å². The maximum Gasteiger partial charge on any atom is 0.211 e. The summed E-state index contributed by atoms with van der Waals surface area (Å²) in [6, 6.07) is 4.53. The molecule has 9 nitrogen and oxygen atoms in total. The smallest absolute Gasteiger partial charge is 0.211 e. The van der Waals surface area contributed by atoms with E-state index >= 15 is 0 Å². The minimum Gasteiger partial charge on any atom is -0.493 e. The standard InChI is InChI=1S/C21H23NO8/c1-24-14-7-10(11(22)8-15(14)25-2)13-9-12(23)16-17(26-3)19(27-4)21(29-6)20(28-5)18(16)30-13/h7-9H,22H2,1-6H3. The average molecular weight is 417 g/mol. The van der Waals surface area contributed by atoms with E-state index in [-0.39, 0.29) is 45.2 Å². The van der Waals surface area contributed by atoms with Gasteiger partial charge in [-0.25, -0.2) is 0 Å². The third-order valence-electron chi connectivity index (χ3n) is 4.64. The molecule has 0 aliphatic heterocycles. The van der Waals surface area contributed by atoms with Crippen molar-refractivity contribution in [3.63, 3.8) is 0 Å². The number of methoxy groups -OCH3 is 6. The number of rotatable bonds is 7. The zero-order chi connectivity index (χ0) is 22.0. The molecular formula is C21H23NO8. The van der Waals surface area contributed by atoms with Crippen LogP contribution in [0.25, 0.3) is 22.3 Å². The first kappa shape index (κ1) is 21.0. The van der Waals surface area contributed by atoms with Gasteiger partial charge in [0.25, 0.3) is 0 Å². The zero-order valence-corrected chi connectivity index (χ0v) is 17.6. The molecule has 0 saturated heterocycles. The molecule has 2 aromatic carbocycles. The van der Waals surface area contributed by atoms with E-state index in [4.69, 9.17) is 38.6 Å². The van der Waals surface area contributed by atoms with Crippen LogP contribution in [0, 0.1) is 0 Å². The Morgan fingerprint density at radius 1 is 0.700 bits per heavy atom. The van der Waals surface area contributed by atoms with Gasteiger partial charge in [0.1, 0.15) is 11.1 Å². The van der Waals surface area contributed by atoms with Gasteiger partial charge in [0.15, 0.2) is 28.3 Å². The highest BCUT2D eigenvalue weighted by Gasteiger charge is 2.27. The highest BCUT2D eigenvalue weighted by molar-refractivity contribution is 5.96. The Morgan fingerprint density at radius 3 is 1.77 bits per heavy atom. The Hall–Kier alpha value is -3.75. The molecule has 0 unspecified atom stereocenters. The second-order valence-electron chi connectivity index (χ2n) is 6.11. The molecule has 0 fully saturated rings. The van der Waals surface area contributed by atoms with E-state index in [0.29, 0.717) is 22.7 Å². The first-order chi connectivity index (χ1) is 14.4. The van der Waals surface area contributed by atoms with Crippen molar-refractivity contribution >= 4 is 16.7 Å². The molecule has 2 N–H and O–H groups in total. The van der Waals surface area contributed by atoms with Crippen LogP contribution >= 0.6 is 0 Å². The monoisotopic (exact) mass is 417 g/mol. The van der Waals surface area contributed by atoms with Crippen molar-refractivity contribution in [1.82, 2.24) is 0 Å². The van der Waals surface area contributed by atoms with Crippen molar-refractivity contribution in [2.45, 2.75) is 0 Å². The van der Waals surface area contributed by atoms with Gasteiger partial charge in [-0.2, -0.15) is 0 Å². The summed E-state index contributed by atoms with van der Waals surface area (Å²) < 4.78 is 38.4. The molecule has 1 heterocycles. The Labute approximate surface area is 172 Å². The molecule has 9 heteroatoms. The van der Waals surface area contributed by atoms with E-state index in [9.17, 15) is 4.79 Å². The van der Waals surface area contributed by atoms with Crippen molar-refractivity contribution < 1.29 is 32.8 Å². The summed E-state index contributed by atoms with van der Waals surface area (Å²) in [5, 5.41) is 0.148. The van der Waals surface area contributed by atoms with Gasteiger partial charge in [-0.1, -0.05) is 0 Å². The van der Waals surface area contributed by atoms with Crippen LogP contribution in [0.3, 0.4) is 0 Å². The fourth-order valence-electron chi connectivity index (χ4n) is 3.28. The van der Waals surface area contributed by atoms with Gasteiger partial charge in [-0.15, -0.1) is 0 Å². The summed E-state index contributed by atoms with van der Waals surface area (Å²) >= 11 is 0. The topological polar surface area (TPSA) is 112 Å². The lowest BCUT2D eigenvalue weighted by atomic mass is 10.1. The zero-order valence-electron chi connectivity index (χ0n) is 17.6. The van der Waals surface area contributed by atoms with Crippen LogP contribution in [0.15, 0.2) is 27.4 Å². The molecule has 0 atom stereocenters. The normalized spacial score (nSPS) is 10.6. The average Bonchev–Trinajstić information content (AvgIpc) is 2.76. The van der Waals surface area contributed by atoms with E-state index in [1.165, 1.54) is 48.7 Å². The van der Waals surface area contributed by atoms with Gasteiger partial charge in [0.05, 0.1) is 42.7 Å². The predicted molar refractivity (Wildman–Crippen MR) is 112 cm³/mol. The van der Waals surface area contributed by atoms with E-state index < -0.39 is 0 Å². The van der Waals surface area contributed by atoms with Crippen LogP contribution in [-0.2, 0) is 0 Å². The first-order valence-corrected chi connectivity index (χ1v) is 8.81. The predicted octanol–water partition coefficient (Wildman–Crippen LogP) is 3.09. The summed E-state index contributed by atoms with van der Waals surface area (Å²) in [6.07, 6.45) is 0. The van der Waals surface area contributed by atoms with Gasteiger partial charge in [0.2, 0.25) is 17.2 Å². The summed E-state index contributed by atoms with van der Waals surface area (Å²) in [5.41, 5.74) is 6.71. The van der Waals surface area contributed by atoms with Crippen LogP contribution in [-0.4, -0.2) is 42.7 Å². The molecule has 0 aliphatic rings. The number of nitrogens with two attached hydrogens (primary N) is 1. The van der Waals surface area contributed by atoms with Crippen LogP contribution in [0.1, 0.15) is 0 Å². The second kappa shape index (κ2) is 8.32. The molecule has 0 amide bonds. The van der Waals surface area contributed by atoms with Crippen molar-refractivity contribution in [2.75, 3.05) is 48.4 Å². The van der Waals surface area contributed by atoms with Gasteiger partial charge in [0, 0.05) is 23.4 Å². The lowest BCUT2D eigenvalue weighted by Crippen LogP contribution is -2.07. The largest absolute Gasteiger partial charge is 0.493 e. The van der Waals surface area contributed by atoms with Crippen LogP contribution in [0.2, 0.25) is 0 Å². The molecule has 0 bridgehead atoms. The van der Waals surface area contributed by atoms with Crippen molar-refractivity contribution in [1.29, 1.82) is 0 Å². The molecule has 0 spiro atoms. The van der Waals surface area contributed by atoms with Crippen LogP contribution in [0.4, 0.5) is 5.69 Å². The third-order valence-corrected chi connectivity index (χ3v) is 4.64. The maximum absolute atomic E-state index is 13.1. The molecule has 30 heavy (non-hydrogen) atoms. The van der Waals surface area contributed by atoms with E-state index in [1.54, 1.807) is 12.1 Å². The van der Waals surface area contributed by atoms with Crippen LogP contribution < -0.4 is 39.6 Å². The van der Waals surface area contributed by atoms with Crippen molar-refractivity contribution in [3.05, 3.63) is 28.4 Å². The van der Waals surface area contributed by atoms with Gasteiger partial charge < -0.3 is 38.6 Å². The molecule has 0 radical (unpaired) electrons. The molecule has 160 valence electrons. The fourth-order valence-corrected chi connectivity index (χ4v) is 3.28. The number of nitrogen functional groups attached to an aromatic ring is 1. The summed E-state index contributed by atoms with van der Waals surface area (Å²) in [4.78, 5) is 13.1. The first-order valence-electron chi connectivity index (χ1n) is 8.81. The number of hydrogen-bond acceptors (Lipinski definition) is 9. The lowest BCUT2D eigenvalue weighted by molar-refractivity contribution is 0.307. The van der Waals surface area contributed by atoms with Crippen molar-refractivity contribution in [3.8, 4) is 45.8 Å².